The van der Waals surface area contributed by atoms with Crippen LogP contribution in [0.2, 0.25) is 0 Å². The lowest BCUT2D eigenvalue weighted by Gasteiger charge is -2.32. The van der Waals surface area contributed by atoms with Crippen molar-refractivity contribution >= 4 is 17.9 Å². The van der Waals surface area contributed by atoms with E-state index < -0.39 is 5.97 Å². The Bertz CT molecular complexity index is 910. The van der Waals surface area contributed by atoms with E-state index in [1.807, 2.05) is 31.2 Å². The number of piperidine rings is 1. The van der Waals surface area contributed by atoms with Crippen molar-refractivity contribution in [3.8, 4) is 0 Å². The minimum atomic E-state index is -0.945. The molecule has 3 rings (SSSR count). The van der Waals surface area contributed by atoms with E-state index in [0.717, 1.165) is 49.7 Å². The lowest BCUT2D eigenvalue weighted by Crippen LogP contribution is -2.36. The maximum absolute atomic E-state index is 12.0. The van der Waals surface area contributed by atoms with Gasteiger partial charge in [0.1, 0.15) is 5.82 Å². The second-order valence-corrected chi connectivity index (χ2v) is 7.38. The average molecular weight is 382 g/mol. The molecular weight excluding hydrogens is 356 g/mol. The largest absolute Gasteiger partial charge is 0.478 e. The summed E-state index contributed by atoms with van der Waals surface area (Å²) in [6, 6.07) is 7.95. The number of likely N-dealkylation sites (tertiary alicyclic amines) is 1. The summed E-state index contributed by atoms with van der Waals surface area (Å²) in [5, 5.41) is 8.68. The highest BCUT2D eigenvalue weighted by molar-refractivity contribution is 5.85. The summed E-state index contributed by atoms with van der Waals surface area (Å²) >= 11 is 0. The smallest absolute Gasteiger partial charge is 0.349 e. The molecule has 1 aliphatic heterocycles. The zero-order chi connectivity index (χ0) is 20.1. The molecule has 28 heavy (non-hydrogen) atoms. The van der Waals surface area contributed by atoms with E-state index in [9.17, 15) is 9.59 Å². The molecule has 7 heteroatoms. The first-order chi connectivity index (χ1) is 13.4. The number of hydrogen-bond acceptors (Lipinski definition) is 5. The summed E-state index contributed by atoms with van der Waals surface area (Å²) in [6.45, 7) is 5.40. The molecule has 1 fully saturated rings. The highest BCUT2D eigenvalue weighted by atomic mass is 16.4. The number of nitrogens with two attached hydrogens (primary N) is 1. The van der Waals surface area contributed by atoms with Gasteiger partial charge in [0.15, 0.2) is 0 Å². The van der Waals surface area contributed by atoms with Crippen LogP contribution in [-0.2, 0) is 17.9 Å². The lowest BCUT2D eigenvalue weighted by atomic mass is 9.96. The second-order valence-electron chi connectivity index (χ2n) is 7.38. The van der Waals surface area contributed by atoms with Gasteiger partial charge in [-0.05, 0) is 56.0 Å². The van der Waals surface area contributed by atoms with E-state index in [4.69, 9.17) is 10.8 Å². The van der Waals surface area contributed by atoms with Crippen molar-refractivity contribution in [2.24, 2.45) is 5.92 Å². The average Bonchev–Trinajstić information content (AvgIpc) is 2.67. The highest BCUT2D eigenvalue weighted by Gasteiger charge is 2.20. The molecule has 1 aromatic carbocycles. The second kappa shape index (κ2) is 8.84. The zero-order valence-corrected chi connectivity index (χ0v) is 16.0. The molecule has 1 aliphatic rings. The Hall–Kier alpha value is -2.93. The van der Waals surface area contributed by atoms with E-state index in [2.05, 4.69) is 9.88 Å². The molecule has 0 unspecified atom stereocenters. The molecule has 148 valence electrons. The summed E-state index contributed by atoms with van der Waals surface area (Å²) in [6.07, 6.45) is 6.61. The Balaban J connectivity index is 1.51. The third-order valence-electron chi connectivity index (χ3n) is 5.18. The van der Waals surface area contributed by atoms with Crippen molar-refractivity contribution in [3.63, 3.8) is 0 Å². The van der Waals surface area contributed by atoms with Crippen LogP contribution in [0, 0.1) is 12.8 Å². The Morgan fingerprint density at radius 3 is 2.61 bits per heavy atom. The number of nitrogen functional groups attached to an aromatic ring is 1. The van der Waals surface area contributed by atoms with E-state index in [0.29, 0.717) is 18.3 Å². The number of nitrogens with zero attached hydrogens (tertiary/aromatic N) is 3. The number of aromatic nitrogens is 2. The molecule has 1 aromatic heterocycles. The van der Waals surface area contributed by atoms with Gasteiger partial charge in [-0.15, -0.1) is 0 Å². The molecule has 0 radical (unpaired) electrons. The molecule has 0 spiro atoms. The van der Waals surface area contributed by atoms with Crippen LogP contribution in [0.25, 0.3) is 6.08 Å². The predicted molar refractivity (Wildman–Crippen MR) is 109 cm³/mol. The zero-order valence-electron chi connectivity index (χ0n) is 16.0. The number of rotatable bonds is 6. The van der Waals surface area contributed by atoms with Crippen molar-refractivity contribution in [3.05, 3.63) is 63.7 Å². The summed E-state index contributed by atoms with van der Waals surface area (Å²) in [5.41, 5.74) is 8.34. The minimum absolute atomic E-state index is 0.275. The highest BCUT2D eigenvalue weighted by Crippen LogP contribution is 2.21. The molecule has 3 N–H and O–H groups in total. The van der Waals surface area contributed by atoms with Crippen molar-refractivity contribution < 1.29 is 9.90 Å². The van der Waals surface area contributed by atoms with Gasteiger partial charge in [0.25, 0.3) is 0 Å². The van der Waals surface area contributed by atoms with E-state index in [1.54, 1.807) is 16.8 Å². The lowest BCUT2D eigenvalue weighted by molar-refractivity contribution is -0.131. The monoisotopic (exact) mass is 382 g/mol. The number of carbonyl (C=O) groups is 1. The predicted octanol–water partition coefficient (Wildman–Crippen LogP) is 2.14. The maximum atomic E-state index is 12.0. The van der Waals surface area contributed by atoms with Gasteiger partial charge in [-0.25, -0.2) is 9.59 Å². The topological polar surface area (TPSA) is 101 Å². The molecule has 7 nitrogen and oxygen atoms in total. The molecule has 0 amide bonds. The number of anilines is 1. The first-order valence-corrected chi connectivity index (χ1v) is 9.46. The molecule has 0 aliphatic carbocycles. The molecule has 2 heterocycles. The van der Waals surface area contributed by atoms with Crippen molar-refractivity contribution in [2.45, 2.75) is 32.9 Å². The van der Waals surface area contributed by atoms with Gasteiger partial charge in [0, 0.05) is 30.9 Å². The van der Waals surface area contributed by atoms with Gasteiger partial charge in [-0.3, -0.25) is 9.47 Å². The van der Waals surface area contributed by atoms with Crippen molar-refractivity contribution in [1.82, 2.24) is 14.5 Å². The molecule has 2 aromatic rings. The van der Waals surface area contributed by atoms with Crippen LogP contribution in [-0.4, -0.2) is 38.6 Å². The van der Waals surface area contributed by atoms with Gasteiger partial charge in [-0.1, -0.05) is 24.3 Å². The number of aliphatic carboxylic acids is 1. The summed E-state index contributed by atoms with van der Waals surface area (Å²) < 4.78 is 1.68. The first-order valence-electron chi connectivity index (χ1n) is 9.46. The number of carboxylic acid groups (broad SMARTS) is 1. The van der Waals surface area contributed by atoms with Gasteiger partial charge < -0.3 is 10.8 Å². The van der Waals surface area contributed by atoms with Crippen LogP contribution >= 0.6 is 0 Å². The molecule has 0 atom stereocenters. The van der Waals surface area contributed by atoms with Crippen molar-refractivity contribution in [1.29, 1.82) is 0 Å². The van der Waals surface area contributed by atoms with Gasteiger partial charge in [0.2, 0.25) is 0 Å². The van der Waals surface area contributed by atoms with Crippen LogP contribution in [0.3, 0.4) is 0 Å². The van der Waals surface area contributed by atoms with Crippen LogP contribution in [0.4, 0.5) is 5.82 Å². The fraction of sp³-hybridized carbons (Fsp3) is 0.381. The number of carboxylic acids is 1. The van der Waals surface area contributed by atoms with E-state index in [-0.39, 0.29) is 5.69 Å². The quantitative estimate of drug-likeness (QED) is 0.743. The molecule has 0 bridgehead atoms. The fourth-order valence-electron chi connectivity index (χ4n) is 3.51. The van der Waals surface area contributed by atoms with Gasteiger partial charge in [0.05, 0.1) is 0 Å². The third-order valence-corrected chi connectivity index (χ3v) is 5.18. The Labute approximate surface area is 164 Å². The molecular formula is C21H26N4O3. The van der Waals surface area contributed by atoms with Gasteiger partial charge >= 0.3 is 11.7 Å². The first kappa shape index (κ1) is 19.8. The third kappa shape index (κ3) is 5.29. The SMILES string of the molecule is Cc1cn(CC2CCN(Cc3ccc(C=CC(=O)O)cc3)CC2)c(=O)nc1N. The van der Waals surface area contributed by atoms with Crippen molar-refractivity contribution in [2.75, 3.05) is 18.8 Å². The van der Waals surface area contributed by atoms with Crippen LogP contribution < -0.4 is 11.4 Å². The Kier molecular flexibility index (Phi) is 6.26. The van der Waals surface area contributed by atoms with Crippen LogP contribution in [0.1, 0.15) is 29.5 Å². The normalized spacial score (nSPS) is 15.9. The summed E-state index contributed by atoms with van der Waals surface area (Å²) in [7, 11) is 0. The van der Waals surface area contributed by atoms with Gasteiger partial charge in [-0.2, -0.15) is 4.98 Å². The molecule has 1 saturated heterocycles. The van der Waals surface area contributed by atoms with Crippen LogP contribution in [0.15, 0.2) is 41.3 Å². The van der Waals surface area contributed by atoms with E-state index in [1.165, 1.54) is 5.56 Å². The summed E-state index contributed by atoms with van der Waals surface area (Å²) in [5.74, 6) is -0.179. The maximum Gasteiger partial charge on any atom is 0.349 e. The number of hydrogen-bond donors (Lipinski definition) is 2. The van der Waals surface area contributed by atoms with Crippen LogP contribution in [0.5, 0.6) is 0 Å². The Morgan fingerprint density at radius 1 is 1.29 bits per heavy atom. The molecule has 0 saturated carbocycles. The van der Waals surface area contributed by atoms with E-state index >= 15 is 0 Å². The standard InChI is InChI=1S/C21H26N4O3/c1-15-12-25(21(28)23-20(15)22)14-18-8-10-24(11-9-18)13-17-4-2-16(3-5-17)6-7-19(26)27/h2-7,12,18H,8-11,13-14H2,1H3,(H,26,27)(H2,22,23,28). The summed E-state index contributed by atoms with van der Waals surface area (Å²) in [4.78, 5) is 28.9. The fourth-order valence-corrected chi connectivity index (χ4v) is 3.51. The minimum Gasteiger partial charge on any atom is -0.478 e. The number of benzene rings is 1. The Morgan fingerprint density at radius 2 is 1.96 bits per heavy atom. The number of aryl methyl sites for hydroxylation is 1.